The number of methoxy groups -OCH3 is 1. The van der Waals surface area contributed by atoms with Crippen LogP contribution < -0.4 is 5.73 Å². The first-order valence-electron chi connectivity index (χ1n) is 2.62. The molecule has 0 saturated carbocycles. The van der Waals surface area contributed by atoms with Crippen LogP contribution in [0, 0.1) is 0 Å². The van der Waals surface area contributed by atoms with Gasteiger partial charge in [-0.2, -0.15) is 0 Å². The Morgan fingerprint density at radius 3 is 2.38 bits per heavy atom. The third kappa shape index (κ3) is 2.96. The molecular formula is C5H13NO2. The molecule has 0 aliphatic rings. The molecule has 0 radical (unpaired) electrons. The number of hydrogen-bond acceptors (Lipinski definition) is 3. The van der Waals surface area contributed by atoms with E-state index in [1.165, 1.54) is 7.11 Å². The van der Waals surface area contributed by atoms with Crippen LogP contribution in [0.2, 0.25) is 0 Å². The molecule has 0 fully saturated rings. The lowest BCUT2D eigenvalue weighted by Crippen LogP contribution is -2.43. The average Bonchev–Trinajstić information content (AvgIpc) is 1.67. The second kappa shape index (κ2) is 3.02. The molecule has 0 aliphatic heterocycles. The maximum atomic E-state index is 8.98. The first-order valence-corrected chi connectivity index (χ1v) is 2.62. The Hall–Kier alpha value is -0.120. The van der Waals surface area contributed by atoms with E-state index in [0.29, 0.717) is 6.42 Å². The van der Waals surface area contributed by atoms with E-state index in [0.717, 1.165) is 0 Å². The van der Waals surface area contributed by atoms with Gasteiger partial charge in [0.15, 0.2) is 0 Å². The summed E-state index contributed by atoms with van der Waals surface area (Å²) in [6, 6.07) is 0. The summed E-state index contributed by atoms with van der Waals surface area (Å²) >= 11 is 0. The van der Waals surface area contributed by atoms with Gasteiger partial charge in [-0.3, -0.25) is 0 Å². The summed E-state index contributed by atoms with van der Waals surface area (Å²) in [5.74, 6) is 0. The maximum Gasteiger partial charge on any atom is 0.136 e. The van der Waals surface area contributed by atoms with Crippen molar-refractivity contribution in [1.29, 1.82) is 0 Å². The van der Waals surface area contributed by atoms with Crippen molar-refractivity contribution in [1.82, 2.24) is 0 Å². The smallest absolute Gasteiger partial charge is 0.136 e. The lowest BCUT2D eigenvalue weighted by molar-refractivity contribution is -0.0288. The fourth-order valence-corrected chi connectivity index (χ4v) is 0.352. The summed E-state index contributed by atoms with van der Waals surface area (Å²) in [7, 11) is 1.51. The Labute approximate surface area is 49.4 Å². The summed E-state index contributed by atoms with van der Waals surface area (Å²) < 4.78 is 4.62. The van der Waals surface area contributed by atoms with Crippen LogP contribution in [0.15, 0.2) is 0 Å². The highest BCUT2D eigenvalue weighted by Gasteiger charge is 2.16. The molecule has 0 spiro atoms. The lowest BCUT2D eigenvalue weighted by atomic mass is 10.2. The van der Waals surface area contributed by atoms with Crippen LogP contribution >= 0.6 is 0 Å². The van der Waals surface area contributed by atoms with E-state index >= 15 is 0 Å². The van der Waals surface area contributed by atoms with Gasteiger partial charge in [-0.1, -0.05) is 6.92 Å². The summed E-state index contributed by atoms with van der Waals surface area (Å²) in [5.41, 5.74) is 4.13. The summed E-state index contributed by atoms with van der Waals surface area (Å²) in [6.45, 7) is 2.00. The monoisotopic (exact) mass is 119 g/mol. The zero-order chi connectivity index (χ0) is 6.62. The van der Waals surface area contributed by atoms with Crippen molar-refractivity contribution < 1.29 is 9.84 Å². The first-order chi connectivity index (χ1) is 3.62. The second-order valence-electron chi connectivity index (χ2n) is 1.89. The van der Waals surface area contributed by atoms with E-state index < -0.39 is 5.72 Å². The molecule has 0 aliphatic carbocycles. The van der Waals surface area contributed by atoms with Crippen molar-refractivity contribution in [2.75, 3.05) is 13.7 Å². The van der Waals surface area contributed by atoms with Crippen molar-refractivity contribution in [2.45, 2.75) is 19.1 Å². The number of ether oxygens (including phenoxy) is 1. The van der Waals surface area contributed by atoms with Crippen LogP contribution in [0.5, 0.6) is 0 Å². The highest BCUT2D eigenvalue weighted by atomic mass is 16.5. The van der Waals surface area contributed by atoms with Crippen LogP contribution in [-0.4, -0.2) is 24.5 Å². The Morgan fingerprint density at radius 2 is 2.25 bits per heavy atom. The Kier molecular flexibility index (Phi) is 2.97. The average molecular weight is 119 g/mol. The molecule has 3 nitrogen and oxygen atoms in total. The van der Waals surface area contributed by atoms with Crippen molar-refractivity contribution in [2.24, 2.45) is 5.73 Å². The van der Waals surface area contributed by atoms with Crippen LogP contribution in [0.3, 0.4) is 0 Å². The van der Waals surface area contributed by atoms with Crippen molar-refractivity contribution in [3.63, 3.8) is 0 Å². The van der Waals surface area contributed by atoms with E-state index in [-0.39, 0.29) is 6.61 Å². The number of rotatable bonds is 3. The lowest BCUT2D eigenvalue weighted by Gasteiger charge is -2.18. The fourth-order valence-electron chi connectivity index (χ4n) is 0.352. The minimum absolute atomic E-state index is 0.198. The summed E-state index contributed by atoms with van der Waals surface area (Å²) in [6.07, 6.45) is 0.515. The zero-order valence-electron chi connectivity index (χ0n) is 5.35. The van der Waals surface area contributed by atoms with Crippen LogP contribution in [-0.2, 0) is 4.74 Å². The van der Waals surface area contributed by atoms with Gasteiger partial charge in [0, 0.05) is 7.11 Å². The minimum atomic E-state index is -1.13. The zero-order valence-corrected chi connectivity index (χ0v) is 5.35. The highest BCUT2D eigenvalue weighted by molar-refractivity contribution is 4.65. The third-order valence-corrected chi connectivity index (χ3v) is 1.01. The van der Waals surface area contributed by atoms with Gasteiger partial charge >= 0.3 is 0 Å². The van der Waals surface area contributed by atoms with Crippen LogP contribution in [0.4, 0.5) is 0 Å². The van der Waals surface area contributed by atoms with E-state index in [4.69, 9.17) is 10.8 Å². The van der Waals surface area contributed by atoms with Gasteiger partial charge in [-0.05, 0) is 6.42 Å². The van der Waals surface area contributed by atoms with Gasteiger partial charge in [0.25, 0.3) is 0 Å². The SMILES string of the molecule is CCC(N)(O)COC. The van der Waals surface area contributed by atoms with Gasteiger partial charge in [0.05, 0.1) is 6.61 Å². The minimum Gasteiger partial charge on any atom is -0.380 e. The van der Waals surface area contributed by atoms with Crippen LogP contribution in [0.25, 0.3) is 0 Å². The van der Waals surface area contributed by atoms with Gasteiger partial charge in [-0.25, -0.2) is 0 Å². The fraction of sp³-hybridized carbons (Fsp3) is 1.00. The summed E-state index contributed by atoms with van der Waals surface area (Å²) in [5, 5.41) is 8.98. The van der Waals surface area contributed by atoms with Gasteiger partial charge in [-0.15, -0.1) is 0 Å². The Morgan fingerprint density at radius 1 is 1.75 bits per heavy atom. The van der Waals surface area contributed by atoms with Crippen molar-refractivity contribution in [3.05, 3.63) is 0 Å². The van der Waals surface area contributed by atoms with E-state index in [2.05, 4.69) is 4.74 Å². The molecule has 0 aromatic carbocycles. The molecule has 1 unspecified atom stereocenters. The normalized spacial score (nSPS) is 18.0. The largest absolute Gasteiger partial charge is 0.380 e. The number of hydrogen-bond donors (Lipinski definition) is 2. The van der Waals surface area contributed by atoms with Crippen molar-refractivity contribution in [3.8, 4) is 0 Å². The number of nitrogens with two attached hydrogens (primary N) is 1. The molecule has 0 aromatic heterocycles. The molecule has 3 N–H and O–H groups in total. The van der Waals surface area contributed by atoms with E-state index in [1.54, 1.807) is 6.92 Å². The molecule has 0 heterocycles. The van der Waals surface area contributed by atoms with E-state index in [9.17, 15) is 0 Å². The molecule has 0 aromatic rings. The van der Waals surface area contributed by atoms with Gasteiger partial charge in [0.2, 0.25) is 0 Å². The third-order valence-electron chi connectivity index (χ3n) is 1.01. The summed E-state index contributed by atoms with van der Waals surface area (Å²) in [4.78, 5) is 0. The standard InChI is InChI=1S/C5H13NO2/c1-3-5(6,7)4-8-2/h7H,3-4,6H2,1-2H3. The second-order valence-corrected chi connectivity index (χ2v) is 1.89. The van der Waals surface area contributed by atoms with Crippen LogP contribution in [0.1, 0.15) is 13.3 Å². The predicted octanol–water partition coefficient (Wildman–Crippen LogP) is -0.310. The molecule has 1 atom stereocenters. The molecular weight excluding hydrogens is 106 g/mol. The van der Waals surface area contributed by atoms with E-state index in [1.807, 2.05) is 0 Å². The molecule has 0 rings (SSSR count). The maximum absolute atomic E-state index is 8.98. The highest BCUT2D eigenvalue weighted by Crippen LogP contribution is 1.99. The van der Waals surface area contributed by atoms with Crippen molar-refractivity contribution >= 4 is 0 Å². The van der Waals surface area contributed by atoms with Gasteiger partial charge in [0.1, 0.15) is 5.72 Å². The predicted molar refractivity (Wildman–Crippen MR) is 31.3 cm³/mol. The quantitative estimate of drug-likeness (QED) is 0.501. The molecule has 3 heteroatoms. The topological polar surface area (TPSA) is 55.5 Å². The molecule has 50 valence electrons. The number of aliphatic hydroxyl groups is 1. The molecule has 8 heavy (non-hydrogen) atoms. The molecule has 0 saturated heterocycles. The first kappa shape index (κ1) is 7.88. The van der Waals surface area contributed by atoms with Gasteiger partial charge < -0.3 is 15.6 Å². The molecule has 0 bridgehead atoms. The molecule has 0 amide bonds. The Bertz CT molecular complexity index is 63.4. The Balaban J connectivity index is 3.37.